The average Bonchev–Trinajstić information content (AvgIpc) is 3.17. The van der Waals surface area contributed by atoms with Crippen LogP contribution in [-0.2, 0) is 12.8 Å². The summed E-state index contributed by atoms with van der Waals surface area (Å²) >= 11 is 0. The molecular weight excluding hydrogens is 369 g/mol. The number of nitrogens with zero attached hydrogens (tertiary/aromatic N) is 3. The molecule has 0 saturated carbocycles. The molecule has 4 nitrogen and oxygen atoms in total. The van der Waals surface area contributed by atoms with Gasteiger partial charge in [0.25, 0.3) is 5.91 Å². The average molecular weight is 385 g/mol. The summed E-state index contributed by atoms with van der Waals surface area (Å²) in [6.45, 7) is 1.67. The van der Waals surface area contributed by atoms with Crippen molar-refractivity contribution in [2.75, 3.05) is 13.1 Å². The first-order valence-corrected chi connectivity index (χ1v) is 8.24. The van der Waals surface area contributed by atoms with Crippen LogP contribution in [0.1, 0.15) is 28.2 Å². The van der Waals surface area contributed by atoms with Gasteiger partial charge in [0.2, 0.25) is 0 Å². The van der Waals surface area contributed by atoms with Crippen molar-refractivity contribution in [3.05, 3.63) is 59.4 Å². The Kier molecular flexibility index (Phi) is 5.03. The van der Waals surface area contributed by atoms with Crippen LogP contribution in [0.4, 0.5) is 22.0 Å². The van der Waals surface area contributed by atoms with E-state index in [-0.39, 0.29) is 17.9 Å². The highest BCUT2D eigenvalue weighted by Gasteiger charge is 2.36. The Morgan fingerprint density at radius 2 is 2.00 bits per heavy atom. The number of rotatable bonds is 5. The van der Waals surface area contributed by atoms with E-state index in [9.17, 15) is 26.7 Å². The number of halogens is 5. The fraction of sp³-hybridized carbons (Fsp3) is 0.333. The zero-order valence-electron chi connectivity index (χ0n) is 14.2. The van der Waals surface area contributed by atoms with E-state index < -0.39 is 30.3 Å². The molecule has 0 aliphatic heterocycles. The maximum atomic E-state index is 13.6. The Morgan fingerprint density at radius 1 is 1.26 bits per heavy atom. The number of aromatic nitrogens is 2. The second kappa shape index (κ2) is 7.13. The van der Waals surface area contributed by atoms with E-state index in [2.05, 4.69) is 11.7 Å². The molecule has 1 heterocycles. The molecule has 0 saturated heterocycles. The second-order valence-corrected chi connectivity index (χ2v) is 6.23. The molecule has 2 aromatic rings. The van der Waals surface area contributed by atoms with Gasteiger partial charge in [-0.15, -0.1) is 6.58 Å². The third-order valence-corrected chi connectivity index (χ3v) is 4.29. The Labute approximate surface area is 151 Å². The van der Waals surface area contributed by atoms with Gasteiger partial charge >= 0.3 is 6.18 Å². The van der Waals surface area contributed by atoms with Gasteiger partial charge in [-0.05, 0) is 31.4 Å². The fourth-order valence-electron chi connectivity index (χ4n) is 3.18. The Morgan fingerprint density at radius 3 is 2.63 bits per heavy atom. The molecule has 3 rings (SSSR count). The normalized spacial score (nSPS) is 13.5. The minimum absolute atomic E-state index is 0.0988. The van der Waals surface area contributed by atoms with Gasteiger partial charge in [-0.2, -0.15) is 18.3 Å². The molecule has 0 radical (unpaired) electrons. The number of hydrogen-bond acceptors (Lipinski definition) is 2. The zero-order chi connectivity index (χ0) is 19.8. The SMILES string of the molecule is C=CCN(CC(F)(F)F)C(=O)c1nn(-c2ccc(F)c(F)c2)c2c1CCC2. The first-order valence-electron chi connectivity index (χ1n) is 8.24. The lowest BCUT2D eigenvalue weighted by Crippen LogP contribution is -2.39. The van der Waals surface area contributed by atoms with Gasteiger partial charge in [-0.25, -0.2) is 13.5 Å². The van der Waals surface area contributed by atoms with Gasteiger partial charge in [0.1, 0.15) is 6.54 Å². The van der Waals surface area contributed by atoms with Crippen LogP contribution in [0.2, 0.25) is 0 Å². The van der Waals surface area contributed by atoms with Crippen LogP contribution in [-0.4, -0.2) is 39.9 Å². The van der Waals surface area contributed by atoms with Crippen LogP contribution in [0, 0.1) is 11.6 Å². The number of alkyl halides is 3. The lowest BCUT2D eigenvalue weighted by molar-refractivity contribution is -0.139. The monoisotopic (exact) mass is 385 g/mol. The number of benzene rings is 1. The van der Waals surface area contributed by atoms with Crippen molar-refractivity contribution < 1.29 is 26.7 Å². The van der Waals surface area contributed by atoms with Crippen molar-refractivity contribution in [3.8, 4) is 5.69 Å². The molecule has 9 heteroatoms. The number of carbonyl (C=O) groups is 1. The van der Waals surface area contributed by atoms with Crippen molar-refractivity contribution in [2.24, 2.45) is 0 Å². The van der Waals surface area contributed by atoms with Gasteiger partial charge < -0.3 is 4.90 Å². The summed E-state index contributed by atoms with van der Waals surface area (Å²) in [7, 11) is 0. The number of fused-ring (bicyclic) bond motifs is 1. The van der Waals surface area contributed by atoms with Crippen molar-refractivity contribution in [1.29, 1.82) is 0 Å². The molecule has 1 amide bonds. The van der Waals surface area contributed by atoms with E-state index in [1.54, 1.807) is 0 Å². The van der Waals surface area contributed by atoms with Crippen LogP contribution in [0.5, 0.6) is 0 Å². The van der Waals surface area contributed by atoms with E-state index in [1.807, 2.05) is 0 Å². The van der Waals surface area contributed by atoms with Crippen LogP contribution < -0.4 is 0 Å². The van der Waals surface area contributed by atoms with E-state index in [1.165, 1.54) is 16.8 Å². The number of hydrogen-bond donors (Lipinski definition) is 0. The van der Waals surface area contributed by atoms with Crippen molar-refractivity contribution in [2.45, 2.75) is 25.4 Å². The lowest BCUT2D eigenvalue weighted by Gasteiger charge is -2.22. The van der Waals surface area contributed by atoms with Gasteiger partial charge in [0, 0.05) is 23.9 Å². The third-order valence-electron chi connectivity index (χ3n) is 4.29. The third kappa shape index (κ3) is 3.86. The van der Waals surface area contributed by atoms with Crippen LogP contribution in [0.3, 0.4) is 0 Å². The zero-order valence-corrected chi connectivity index (χ0v) is 14.2. The smallest absolute Gasteiger partial charge is 0.324 e. The van der Waals surface area contributed by atoms with Gasteiger partial charge in [-0.3, -0.25) is 4.79 Å². The minimum atomic E-state index is -4.56. The maximum Gasteiger partial charge on any atom is 0.406 e. The Balaban J connectivity index is 2.02. The molecule has 1 aromatic carbocycles. The molecule has 27 heavy (non-hydrogen) atoms. The summed E-state index contributed by atoms with van der Waals surface area (Å²) in [4.78, 5) is 13.3. The first kappa shape index (κ1) is 19.1. The van der Waals surface area contributed by atoms with Gasteiger partial charge in [0.15, 0.2) is 17.3 Å². The Hall–Kier alpha value is -2.71. The molecule has 1 aliphatic rings. The highest BCUT2D eigenvalue weighted by Crippen LogP contribution is 2.29. The molecule has 0 atom stereocenters. The van der Waals surface area contributed by atoms with E-state index in [4.69, 9.17) is 0 Å². The maximum absolute atomic E-state index is 13.6. The van der Waals surface area contributed by atoms with E-state index in [0.717, 1.165) is 12.1 Å². The van der Waals surface area contributed by atoms with Crippen LogP contribution in [0.25, 0.3) is 5.69 Å². The standard InChI is InChI=1S/C18H16F5N3O/c1-2-8-25(10-18(21,22)23)17(27)16-12-4-3-5-15(12)26(24-16)11-6-7-13(19)14(20)9-11/h2,6-7,9H,1,3-5,8,10H2. The van der Waals surface area contributed by atoms with E-state index >= 15 is 0 Å². The van der Waals surface area contributed by atoms with Crippen LogP contribution >= 0.6 is 0 Å². The van der Waals surface area contributed by atoms with E-state index in [0.29, 0.717) is 35.4 Å². The molecular formula is C18H16F5N3O. The molecule has 0 unspecified atom stereocenters. The number of carbonyl (C=O) groups excluding carboxylic acids is 1. The first-order chi connectivity index (χ1) is 12.7. The summed E-state index contributed by atoms with van der Waals surface area (Å²) in [5.74, 6) is -2.97. The highest BCUT2D eigenvalue weighted by atomic mass is 19.4. The predicted octanol–water partition coefficient (Wildman–Crippen LogP) is 3.83. The molecule has 0 bridgehead atoms. The largest absolute Gasteiger partial charge is 0.406 e. The van der Waals surface area contributed by atoms with Gasteiger partial charge in [0.05, 0.1) is 5.69 Å². The molecule has 0 N–H and O–H groups in total. The van der Waals surface area contributed by atoms with Crippen molar-refractivity contribution in [3.63, 3.8) is 0 Å². The molecule has 1 aliphatic carbocycles. The summed E-state index contributed by atoms with van der Waals surface area (Å²) < 4.78 is 66.5. The van der Waals surface area contributed by atoms with Crippen molar-refractivity contribution >= 4 is 5.91 Å². The molecule has 144 valence electrons. The van der Waals surface area contributed by atoms with Crippen molar-refractivity contribution in [1.82, 2.24) is 14.7 Å². The molecule has 0 fully saturated rings. The summed E-state index contributed by atoms with van der Waals surface area (Å²) in [5.41, 5.74) is 1.27. The minimum Gasteiger partial charge on any atom is -0.324 e. The van der Waals surface area contributed by atoms with Gasteiger partial charge in [-0.1, -0.05) is 6.08 Å². The second-order valence-electron chi connectivity index (χ2n) is 6.23. The Bertz CT molecular complexity index is 888. The predicted molar refractivity (Wildman–Crippen MR) is 87.7 cm³/mol. The topological polar surface area (TPSA) is 38.1 Å². The van der Waals surface area contributed by atoms with Crippen LogP contribution in [0.15, 0.2) is 30.9 Å². The number of amides is 1. The fourth-order valence-corrected chi connectivity index (χ4v) is 3.18. The quantitative estimate of drug-likeness (QED) is 0.580. The highest BCUT2D eigenvalue weighted by molar-refractivity contribution is 5.94. The lowest BCUT2D eigenvalue weighted by atomic mass is 10.2. The summed E-state index contributed by atoms with van der Waals surface area (Å²) in [6.07, 6.45) is -1.65. The summed E-state index contributed by atoms with van der Waals surface area (Å²) in [6, 6.07) is 3.17. The summed E-state index contributed by atoms with van der Waals surface area (Å²) in [5, 5.41) is 4.14. The molecule has 1 aromatic heterocycles. The molecule has 0 spiro atoms.